The number of halogens is 1. The van der Waals surface area contributed by atoms with Crippen molar-refractivity contribution in [2.24, 2.45) is 11.8 Å². The zero-order valence-electron chi connectivity index (χ0n) is 10.9. The van der Waals surface area contributed by atoms with Gasteiger partial charge in [-0.05, 0) is 50.6 Å². The molecule has 0 spiro atoms. The second kappa shape index (κ2) is 6.60. The minimum absolute atomic E-state index is 0. The lowest BCUT2D eigenvalue weighted by atomic mass is 9.85. The Balaban J connectivity index is 0.00000144. The molecule has 1 aliphatic carbocycles. The molecule has 2 rings (SSSR count). The first-order chi connectivity index (χ1) is 7.68. The maximum atomic E-state index is 12.0. The molecular weight excluding hydrogens is 236 g/mol. The highest BCUT2D eigenvalue weighted by Gasteiger charge is 2.31. The maximum Gasteiger partial charge on any atom is 0.222 e. The molecule has 3 nitrogen and oxygen atoms in total. The van der Waals surface area contributed by atoms with Gasteiger partial charge in [0.05, 0.1) is 0 Å². The number of carbonyl (C=O) groups is 1. The first-order valence-corrected chi connectivity index (χ1v) is 6.65. The van der Waals surface area contributed by atoms with E-state index >= 15 is 0 Å². The monoisotopic (exact) mass is 260 g/mol. The van der Waals surface area contributed by atoms with Gasteiger partial charge in [-0.1, -0.05) is 6.92 Å². The Morgan fingerprint density at radius 3 is 2.65 bits per heavy atom. The number of hydrogen-bond donors (Lipinski definition) is 1. The van der Waals surface area contributed by atoms with Crippen molar-refractivity contribution in [3.63, 3.8) is 0 Å². The standard InChI is InChI=1S/C13H24N2O.ClH/c1-10(11-4-3-7-14-9-11)8-13(16)15(2)12-5-6-12;/h10-12,14H,3-9H2,1-2H3;1H. The quantitative estimate of drug-likeness (QED) is 0.839. The Labute approximate surface area is 111 Å². The van der Waals surface area contributed by atoms with Gasteiger partial charge in [-0.2, -0.15) is 0 Å². The highest BCUT2D eigenvalue weighted by atomic mass is 35.5. The fourth-order valence-electron chi connectivity index (χ4n) is 2.62. The lowest BCUT2D eigenvalue weighted by molar-refractivity contribution is -0.131. The number of nitrogens with one attached hydrogen (secondary N) is 1. The number of piperidine rings is 1. The normalized spacial score (nSPS) is 25.9. The van der Waals surface area contributed by atoms with Crippen LogP contribution in [-0.2, 0) is 4.79 Å². The van der Waals surface area contributed by atoms with E-state index in [9.17, 15) is 4.79 Å². The smallest absolute Gasteiger partial charge is 0.222 e. The van der Waals surface area contributed by atoms with E-state index in [1.54, 1.807) is 0 Å². The molecule has 2 aliphatic rings. The first-order valence-electron chi connectivity index (χ1n) is 6.65. The summed E-state index contributed by atoms with van der Waals surface area (Å²) in [5.74, 6) is 1.58. The second-order valence-electron chi connectivity index (χ2n) is 5.52. The predicted octanol–water partition coefficient (Wildman–Crippen LogP) is 2.05. The van der Waals surface area contributed by atoms with Crippen molar-refractivity contribution < 1.29 is 4.79 Å². The van der Waals surface area contributed by atoms with E-state index in [0.717, 1.165) is 19.5 Å². The Bertz CT molecular complexity index is 250. The van der Waals surface area contributed by atoms with Crippen LogP contribution in [0.3, 0.4) is 0 Å². The number of amides is 1. The second-order valence-corrected chi connectivity index (χ2v) is 5.52. The lowest BCUT2D eigenvalue weighted by Crippen LogP contribution is -2.36. The largest absolute Gasteiger partial charge is 0.343 e. The van der Waals surface area contributed by atoms with Crippen molar-refractivity contribution in [1.29, 1.82) is 0 Å². The van der Waals surface area contributed by atoms with Gasteiger partial charge in [-0.3, -0.25) is 4.79 Å². The third-order valence-electron chi connectivity index (χ3n) is 4.12. The average molecular weight is 261 g/mol. The van der Waals surface area contributed by atoms with E-state index in [0.29, 0.717) is 23.8 Å². The predicted molar refractivity (Wildman–Crippen MR) is 72.4 cm³/mol. The number of carbonyl (C=O) groups excluding carboxylic acids is 1. The van der Waals surface area contributed by atoms with Crippen molar-refractivity contribution in [3.05, 3.63) is 0 Å². The zero-order chi connectivity index (χ0) is 11.5. The van der Waals surface area contributed by atoms with Gasteiger partial charge in [0.1, 0.15) is 0 Å². The fraction of sp³-hybridized carbons (Fsp3) is 0.923. The van der Waals surface area contributed by atoms with E-state index in [1.807, 2.05) is 11.9 Å². The minimum Gasteiger partial charge on any atom is -0.343 e. The average Bonchev–Trinajstić information content (AvgIpc) is 3.13. The van der Waals surface area contributed by atoms with Crippen molar-refractivity contribution >= 4 is 18.3 Å². The van der Waals surface area contributed by atoms with E-state index in [1.165, 1.54) is 25.7 Å². The van der Waals surface area contributed by atoms with Crippen molar-refractivity contribution in [2.75, 3.05) is 20.1 Å². The van der Waals surface area contributed by atoms with Crippen LogP contribution >= 0.6 is 12.4 Å². The molecule has 1 heterocycles. The summed E-state index contributed by atoms with van der Waals surface area (Å²) >= 11 is 0. The van der Waals surface area contributed by atoms with Crippen molar-refractivity contribution in [2.45, 2.75) is 45.1 Å². The van der Waals surface area contributed by atoms with Gasteiger partial charge < -0.3 is 10.2 Å². The van der Waals surface area contributed by atoms with E-state index in [2.05, 4.69) is 12.2 Å². The molecule has 4 heteroatoms. The summed E-state index contributed by atoms with van der Waals surface area (Å²) in [6.45, 7) is 4.48. The number of nitrogens with zero attached hydrogens (tertiary/aromatic N) is 1. The molecule has 2 unspecified atom stereocenters. The molecule has 2 fully saturated rings. The Morgan fingerprint density at radius 2 is 2.12 bits per heavy atom. The van der Waals surface area contributed by atoms with Crippen LogP contribution in [0, 0.1) is 11.8 Å². The molecule has 0 aromatic heterocycles. The Kier molecular flexibility index (Phi) is 5.74. The van der Waals surface area contributed by atoms with Gasteiger partial charge in [0.2, 0.25) is 5.91 Å². The molecule has 2 atom stereocenters. The third kappa shape index (κ3) is 4.14. The Morgan fingerprint density at radius 1 is 1.41 bits per heavy atom. The topological polar surface area (TPSA) is 32.3 Å². The van der Waals surface area contributed by atoms with Gasteiger partial charge in [0.25, 0.3) is 0 Å². The van der Waals surface area contributed by atoms with Crippen LogP contribution in [0.25, 0.3) is 0 Å². The summed E-state index contributed by atoms with van der Waals surface area (Å²) in [6.07, 6.45) is 5.71. The van der Waals surface area contributed by atoms with Crippen LogP contribution in [0.2, 0.25) is 0 Å². The SMILES string of the molecule is CC(CC(=O)N(C)C1CC1)C1CCCNC1.Cl. The summed E-state index contributed by atoms with van der Waals surface area (Å²) < 4.78 is 0. The molecule has 100 valence electrons. The molecule has 1 aliphatic heterocycles. The van der Waals surface area contributed by atoms with Gasteiger partial charge in [-0.15, -0.1) is 12.4 Å². The van der Waals surface area contributed by atoms with Crippen LogP contribution in [0.1, 0.15) is 39.0 Å². The molecule has 0 aromatic carbocycles. The van der Waals surface area contributed by atoms with Crippen LogP contribution in [-0.4, -0.2) is 37.0 Å². The van der Waals surface area contributed by atoms with Crippen molar-refractivity contribution in [3.8, 4) is 0 Å². The van der Waals surface area contributed by atoms with Gasteiger partial charge >= 0.3 is 0 Å². The van der Waals surface area contributed by atoms with Crippen LogP contribution < -0.4 is 5.32 Å². The first kappa shape index (κ1) is 14.8. The highest BCUT2D eigenvalue weighted by Crippen LogP contribution is 2.28. The molecule has 17 heavy (non-hydrogen) atoms. The van der Waals surface area contributed by atoms with Gasteiger partial charge in [-0.25, -0.2) is 0 Å². The molecule has 1 saturated heterocycles. The molecule has 0 bridgehead atoms. The number of hydrogen-bond acceptors (Lipinski definition) is 2. The molecular formula is C13H25ClN2O. The lowest BCUT2D eigenvalue weighted by Gasteiger charge is -2.29. The molecule has 0 radical (unpaired) electrons. The fourth-order valence-corrected chi connectivity index (χ4v) is 2.62. The van der Waals surface area contributed by atoms with Gasteiger partial charge in [0, 0.05) is 19.5 Å². The van der Waals surface area contributed by atoms with E-state index in [4.69, 9.17) is 0 Å². The number of rotatable bonds is 4. The summed E-state index contributed by atoms with van der Waals surface area (Å²) in [5, 5.41) is 3.43. The van der Waals surface area contributed by atoms with E-state index < -0.39 is 0 Å². The molecule has 1 amide bonds. The Hall–Kier alpha value is -0.280. The summed E-state index contributed by atoms with van der Waals surface area (Å²) in [5.41, 5.74) is 0. The van der Waals surface area contributed by atoms with Gasteiger partial charge in [0.15, 0.2) is 0 Å². The molecule has 1 N–H and O–H groups in total. The van der Waals surface area contributed by atoms with Crippen molar-refractivity contribution in [1.82, 2.24) is 10.2 Å². The maximum absolute atomic E-state index is 12.0. The highest BCUT2D eigenvalue weighted by molar-refractivity contribution is 5.85. The van der Waals surface area contributed by atoms with Crippen LogP contribution in [0.4, 0.5) is 0 Å². The van der Waals surface area contributed by atoms with Crippen LogP contribution in [0.15, 0.2) is 0 Å². The molecule has 1 saturated carbocycles. The summed E-state index contributed by atoms with van der Waals surface area (Å²) in [4.78, 5) is 13.9. The molecule has 0 aromatic rings. The van der Waals surface area contributed by atoms with E-state index in [-0.39, 0.29) is 12.4 Å². The summed E-state index contributed by atoms with van der Waals surface area (Å²) in [7, 11) is 1.96. The summed E-state index contributed by atoms with van der Waals surface area (Å²) in [6, 6.07) is 0.559. The minimum atomic E-state index is 0. The van der Waals surface area contributed by atoms with Crippen LogP contribution in [0.5, 0.6) is 0 Å². The third-order valence-corrected chi connectivity index (χ3v) is 4.12. The zero-order valence-corrected chi connectivity index (χ0v) is 11.8.